The number of hydrogen-bond donors (Lipinski definition) is 0. The van der Waals surface area contributed by atoms with Gasteiger partial charge in [0, 0.05) is 22.5 Å². The van der Waals surface area contributed by atoms with Crippen LogP contribution in [0.2, 0.25) is 5.02 Å². The van der Waals surface area contributed by atoms with Crippen molar-refractivity contribution in [3.8, 4) is 17.2 Å². The van der Waals surface area contributed by atoms with Crippen molar-refractivity contribution in [2.75, 3.05) is 18.5 Å². The monoisotopic (exact) mass is 691 g/mol. The van der Waals surface area contributed by atoms with E-state index in [2.05, 4.69) is 5.16 Å². The first-order chi connectivity index (χ1) is 22.3. The molecule has 2 heterocycles. The number of ether oxygens (including phenoxy) is 2. The highest BCUT2D eigenvalue weighted by Gasteiger charge is 2.63. The van der Waals surface area contributed by atoms with Crippen LogP contribution in [0, 0.1) is 0 Å². The van der Waals surface area contributed by atoms with Crippen molar-refractivity contribution < 1.29 is 40.0 Å². The zero-order valence-corrected chi connectivity index (χ0v) is 26.4. The lowest BCUT2D eigenvalue weighted by Crippen LogP contribution is -2.50. The van der Waals surface area contributed by atoms with E-state index >= 15 is 0 Å². The third-order valence-electron chi connectivity index (χ3n) is 8.25. The van der Waals surface area contributed by atoms with Crippen LogP contribution >= 0.6 is 11.6 Å². The molecule has 0 radical (unpaired) electrons. The SMILES string of the molecule is COc1ccc(CN(c2ccon2)S(=O)(=O)c2ccc3c(ccc(=O)n3-c3cc(Cl)c(C4CC(F)(C(F)(F)F)C4)cc3OC)c2)cc1. The number of methoxy groups -OCH3 is 2. The number of halogens is 5. The fourth-order valence-electron chi connectivity index (χ4n) is 5.66. The van der Waals surface area contributed by atoms with Crippen LogP contribution in [-0.4, -0.2) is 44.2 Å². The Morgan fingerprint density at radius 3 is 2.36 bits per heavy atom. The summed E-state index contributed by atoms with van der Waals surface area (Å²) in [5, 5.41) is 4.23. The number of nitrogens with zero attached hydrogens (tertiary/aromatic N) is 3. The van der Waals surface area contributed by atoms with E-state index in [1.165, 1.54) is 73.6 Å². The number of sulfonamides is 1. The molecule has 0 spiro atoms. The molecule has 0 unspecified atom stereocenters. The molecule has 0 amide bonds. The van der Waals surface area contributed by atoms with E-state index in [0.29, 0.717) is 22.2 Å². The van der Waals surface area contributed by atoms with Gasteiger partial charge in [0.2, 0.25) is 5.67 Å². The van der Waals surface area contributed by atoms with Crippen LogP contribution in [0.1, 0.15) is 29.9 Å². The van der Waals surface area contributed by atoms with Crippen LogP contribution in [0.3, 0.4) is 0 Å². The zero-order chi connectivity index (χ0) is 33.7. The second-order valence-electron chi connectivity index (χ2n) is 11.1. The molecule has 9 nitrogen and oxygen atoms in total. The topological polar surface area (TPSA) is 104 Å². The van der Waals surface area contributed by atoms with Crippen LogP contribution in [0.15, 0.2) is 93.3 Å². The lowest BCUT2D eigenvalue weighted by atomic mass is 9.68. The first-order valence-electron chi connectivity index (χ1n) is 14.1. The van der Waals surface area contributed by atoms with E-state index < -0.39 is 46.2 Å². The Kier molecular flexibility index (Phi) is 8.20. The maximum atomic E-state index is 14.3. The van der Waals surface area contributed by atoms with Gasteiger partial charge in [-0.25, -0.2) is 17.1 Å². The van der Waals surface area contributed by atoms with Gasteiger partial charge in [-0.15, -0.1) is 0 Å². The molecule has 0 atom stereocenters. The molecular weight excluding hydrogens is 666 g/mol. The van der Waals surface area contributed by atoms with E-state index in [4.69, 9.17) is 25.6 Å². The summed E-state index contributed by atoms with van der Waals surface area (Å²) in [6.45, 7) is -0.0774. The average molecular weight is 692 g/mol. The largest absolute Gasteiger partial charge is 0.497 e. The predicted molar refractivity (Wildman–Crippen MR) is 166 cm³/mol. The molecular formula is C32H26ClF4N3O6S. The molecule has 15 heteroatoms. The molecule has 5 aromatic rings. The number of pyridine rings is 1. The molecule has 246 valence electrons. The van der Waals surface area contributed by atoms with Gasteiger partial charge in [-0.3, -0.25) is 9.36 Å². The summed E-state index contributed by atoms with van der Waals surface area (Å²) in [5.74, 6) is -0.0449. The van der Waals surface area contributed by atoms with E-state index in [-0.39, 0.29) is 39.3 Å². The number of anilines is 1. The highest BCUT2D eigenvalue weighted by molar-refractivity contribution is 7.92. The third-order valence-corrected chi connectivity index (χ3v) is 10.3. The fraction of sp³-hybridized carbons (Fsp3) is 0.250. The Balaban J connectivity index is 1.39. The molecule has 0 N–H and O–H groups in total. The van der Waals surface area contributed by atoms with Gasteiger partial charge in [-0.05, 0) is 78.4 Å². The normalized spacial score (nSPS) is 18.1. The molecule has 0 saturated heterocycles. The fourth-order valence-corrected chi connectivity index (χ4v) is 7.41. The van der Waals surface area contributed by atoms with E-state index in [1.807, 2.05) is 0 Å². The predicted octanol–water partition coefficient (Wildman–Crippen LogP) is 7.19. The Labute approximate surface area is 270 Å². The highest BCUT2D eigenvalue weighted by Crippen LogP contribution is 2.57. The summed E-state index contributed by atoms with van der Waals surface area (Å²) < 4.78 is 99.7. The van der Waals surface area contributed by atoms with Gasteiger partial charge in [0.1, 0.15) is 17.8 Å². The van der Waals surface area contributed by atoms with Gasteiger partial charge in [0.05, 0.1) is 36.9 Å². The molecule has 2 aromatic heterocycles. The van der Waals surface area contributed by atoms with Gasteiger partial charge >= 0.3 is 6.18 Å². The van der Waals surface area contributed by atoms with Crippen LogP contribution in [0.4, 0.5) is 23.4 Å². The van der Waals surface area contributed by atoms with E-state index in [0.717, 1.165) is 4.31 Å². The molecule has 0 aliphatic heterocycles. The average Bonchev–Trinajstić information content (AvgIpc) is 3.56. The van der Waals surface area contributed by atoms with Crippen molar-refractivity contribution in [2.24, 2.45) is 0 Å². The lowest BCUT2D eigenvalue weighted by molar-refractivity contribution is -0.259. The van der Waals surface area contributed by atoms with Gasteiger partial charge < -0.3 is 14.0 Å². The van der Waals surface area contributed by atoms with Gasteiger partial charge in [-0.1, -0.05) is 28.9 Å². The number of hydrogen-bond acceptors (Lipinski definition) is 7. The van der Waals surface area contributed by atoms with E-state index in [9.17, 15) is 30.8 Å². The number of benzene rings is 3. The van der Waals surface area contributed by atoms with Crippen LogP contribution in [-0.2, 0) is 16.6 Å². The van der Waals surface area contributed by atoms with Crippen molar-refractivity contribution in [2.45, 2.75) is 42.0 Å². The number of fused-ring (bicyclic) bond motifs is 1. The zero-order valence-electron chi connectivity index (χ0n) is 24.8. The van der Waals surface area contributed by atoms with Crippen LogP contribution < -0.4 is 19.3 Å². The molecule has 1 aliphatic carbocycles. The molecule has 47 heavy (non-hydrogen) atoms. The van der Waals surface area contributed by atoms with Crippen molar-refractivity contribution in [1.29, 1.82) is 0 Å². The molecule has 3 aromatic carbocycles. The van der Waals surface area contributed by atoms with E-state index in [1.54, 1.807) is 24.3 Å². The second kappa shape index (κ2) is 11.9. The van der Waals surface area contributed by atoms with Crippen molar-refractivity contribution in [1.82, 2.24) is 9.72 Å². The molecule has 1 fully saturated rings. The third kappa shape index (κ3) is 5.80. The Morgan fingerprint density at radius 2 is 1.74 bits per heavy atom. The van der Waals surface area contributed by atoms with Gasteiger partial charge in [0.15, 0.2) is 5.82 Å². The maximum absolute atomic E-state index is 14.3. The van der Waals surface area contributed by atoms with Gasteiger partial charge in [0.25, 0.3) is 15.6 Å². The highest BCUT2D eigenvalue weighted by atomic mass is 35.5. The number of rotatable bonds is 9. The Morgan fingerprint density at radius 1 is 1.02 bits per heavy atom. The van der Waals surface area contributed by atoms with Crippen LogP contribution in [0.25, 0.3) is 16.6 Å². The maximum Gasteiger partial charge on any atom is 0.422 e. The van der Waals surface area contributed by atoms with Crippen molar-refractivity contribution in [3.63, 3.8) is 0 Å². The van der Waals surface area contributed by atoms with Crippen molar-refractivity contribution in [3.05, 3.63) is 106 Å². The first-order valence-corrected chi connectivity index (χ1v) is 15.9. The van der Waals surface area contributed by atoms with Crippen molar-refractivity contribution >= 4 is 38.3 Å². The van der Waals surface area contributed by atoms with Crippen LogP contribution in [0.5, 0.6) is 11.5 Å². The summed E-state index contributed by atoms with van der Waals surface area (Å²) in [6, 6.07) is 17.9. The summed E-state index contributed by atoms with van der Waals surface area (Å²) in [4.78, 5) is 13.1. The molecule has 0 bridgehead atoms. The smallest absolute Gasteiger partial charge is 0.422 e. The molecule has 6 rings (SSSR count). The van der Waals surface area contributed by atoms with Gasteiger partial charge in [-0.2, -0.15) is 13.2 Å². The lowest BCUT2D eigenvalue weighted by Gasteiger charge is -2.42. The quantitative estimate of drug-likeness (QED) is 0.151. The minimum Gasteiger partial charge on any atom is -0.497 e. The Bertz CT molecular complexity index is 2110. The summed E-state index contributed by atoms with van der Waals surface area (Å²) >= 11 is 6.50. The second-order valence-corrected chi connectivity index (χ2v) is 13.3. The molecule has 1 aliphatic rings. The number of alkyl halides is 4. The minimum atomic E-state index is -5.00. The minimum absolute atomic E-state index is 0.0277. The summed E-state index contributed by atoms with van der Waals surface area (Å²) in [6.07, 6.45) is -5.31. The Hall–Kier alpha value is -4.56. The first kappa shape index (κ1) is 32.4. The summed E-state index contributed by atoms with van der Waals surface area (Å²) in [7, 11) is -1.40. The summed E-state index contributed by atoms with van der Waals surface area (Å²) in [5.41, 5.74) is -2.44. The standard InChI is InChI=1S/C32H26ClF4N3O6S/c1-44-22-6-3-19(4-7-22)18-39(29-11-12-46-38-29)47(42,43)23-8-9-26-20(13-23)5-10-30(41)40(26)27-15-25(33)24(14-28(27)45-2)21-16-31(34,17-21)32(35,36)37/h3-15,21H,16-18H2,1-2H3. The molecule has 1 saturated carbocycles. The number of aromatic nitrogens is 2.